The molecule has 0 fully saturated rings. The fourth-order valence-corrected chi connectivity index (χ4v) is 3.64. The van der Waals surface area contributed by atoms with Crippen molar-refractivity contribution < 1.29 is 24.1 Å². The zero-order chi connectivity index (χ0) is 22.9. The van der Waals surface area contributed by atoms with E-state index in [1.165, 1.54) is 22.9 Å². The third-order valence-electron chi connectivity index (χ3n) is 4.91. The fraction of sp³-hybridized carbons (Fsp3) is 0.304. The SMILES string of the molecule is CC(C)Oc1cc(Cc2cccc(Cl)c2F)cc2c(=O)c(C(=O)O)cn([C@@H](C)CO)c12. The average molecular weight is 448 g/mol. The van der Waals surface area contributed by atoms with Crippen molar-refractivity contribution in [1.82, 2.24) is 4.57 Å². The topological polar surface area (TPSA) is 88.8 Å². The second kappa shape index (κ2) is 9.08. The monoisotopic (exact) mass is 447 g/mol. The van der Waals surface area contributed by atoms with Crippen molar-refractivity contribution in [1.29, 1.82) is 0 Å². The van der Waals surface area contributed by atoms with Crippen LogP contribution in [0.25, 0.3) is 10.9 Å². The molecule has 0 saturated carbocycles. The molecule has 0 radical (unpaired) electrons. The molecule has 2 N–H and O–H groups in total. The minimum absolute atomic E-state index is 0.00997. The molecule has 1 aromatic heterocycles. The first-order valence-corrected chi connectivity index (χ1v) is 10.2. The van der Waals surface area contributed by atoms with E-state index < -0.39 is 28.8 Å². The number of carboxylic acid groups (broad SMARTS) is 1. The maximum Gasteiger partial charge on any atom is 0.341 e. The van der Waals surface area contributed by atoms with E-state index in [0.29, 0.717) is 22.4 Å². The van der Waals surface area contributed by atoms with E-state index in [1.807, 2.05) is 13.8 Å². The molecule has 0 spiro atoms. The van der Waals surface area contributed by atoms with Gasteiger partial charge < -0.3 is 19.5 Å². The van der Waals surface area contributed by atoms with E-state index in [4.69, 9.17) is 16.3 Å². The van der Waals surface area contributed by atoms with E-state index >= 15 is 0 Å². The lowest BCUT2D eigenvalue weighted by Gasteiger charge is -2.22. The first kappa shape index (κ1) is 22.8. The van der Waals surface area contributed by atoms with Gasteiger partial charge in [-0.1, -0.05) is 23.7 Å². The molecule has 0 amide bonds. The van der Waals surface area contributed by atoms with E-state index in [9.17, 15) is 24.2 Å². The van der Waals surface area contributed by atoms with Crippen LogP contribution < -0.4 is 10.2 Å². The fourth-order valence-electron chi connectivity index (χ4n) is 3.45. The highest BCUT2D eigenvalue weighted by Gasteiger charge is 2.21. The molecule has 1 atom stereocenters. The van der Waals surface area contributed by atoms with Gasteiger partial charge in [0, 0.05) is 12.6 Å². The summed E-state index contributed by atoms with van der Waals surface area (Å²) in [5.74, 6) is -1.58. The van der Waals surface area contributed by atoms with Gasteiger partial charge in [0.15, 0.2) is 0 Å². The average Bonchev–Trinajstić information content (AvgIpc) is 2.71. The summed E-state index contributed by atoms with van der Waals surface area (Å²) in [6.45, 7) is 5.06. The predicted molar refractivity (Wildman–Crippen MR) is 117 cm³/mol. The van der Waals surface area contributed by atoms with Crippen molar-refractivity contribution in [3.8, 4) is 5.75 Å². The van der Waals surface area contributed by atoms with E-state index in [1.54, 1.807) is 25.1 Å². The number of ether oxygens (including phenoxy) is 1. The number of aliphatic hydroxyl groups excluding tert-OH is 1. The molecule has 0 bridgehead atoms. The van der Waals surface area contributed by atoms with Gasteiger partial charge in [0.25, 0.3) is 0 Å². The van der Waals surface area contributed by atoms with Crippen LogP contribution in [-0.4, -0.2) is 33.5 Å². The number of nitrogens with zero attached hydrogens (tertiary/aromatic N) is 1. The second-order valence-corrected chi connectivity index (χ2v) is 8.07. The Morgan fingerprint density at radius 3 is 2.58 bits per heavy atom. The largest absolute Gasteiger partial charge is 0.489 e. The van der Waals surface area contributed by atoms with Crippen LogP contribution >= 0.6 is 11.6 Å². The summed E-state index contributed by atoms with van der Waals surface area (Å²) in [6.07, 6.45) is 1.11. The summed E-state index contributed by atoms with van der Waals surface area (Å²) in [4.78, 5) is 24.7. The number of halogens is 2. The molecule has 2 aromatic carbocycles. The van der Waals surface area contributed by atoms with Gasteiger partial charge in [-0.3, -0.25) is 4.79 Å². The van der Waals surface area contributed by atoms with Gasteiger partial charge in [-0.05, 0) is 50.1 Å². The highest BCUT2D eigenvalue weighted by Crippen LogP contribution is 2.31. The summed E-state index contributed by atoms with van der Waals surface area (Å²) in [5.41, 5.74) is 0.175. The smallest absolute Gasteiger partial charge is 0.341 e. The summed E-state index contributed by atoms with van der Waals surface area (Å²) in [7, 11) is 0. The van der Waals surface area contributed by atoms with Crippen molar-refractivity contribution in [2.45, 2.75) is 39.3 Å². The highest BCUT2D eigenvalue weighted by molar-refractivity contribution is 6.30. The first-order valence-electron chi connectivity index (χ1n) is 9.79. The van der Waals surface area contributed by atoms with Crippen LogP contribution in [0, 0.1) is 5.82 Å². The Balaban J connectivity index is 2.34. The Bertz CT molecular complexity index is 1200. The van der Waals surface area contributed by atoms with Gasteiger partial charge in [0.2, 0.25) is 5.43 Å². The Hall–Kier alpha value is -2.90. The van der Waals surface area contributed by atoms with Gasteiger partial charge >= 0.3 is 5.97 Å². The summed E-state index contributed by atoms with van der Waals surface area (Å²) in [6, 6.07) is 7.40. The van der Waals surface area contributed by atoms with Crippen molar-refractivity contribution >= 4 is 28.5 Å². The lowest BCUT2D eigenvalue weighted by molar-refractivity contribution is 0.0694. The standard InChI is InChI=1S/C23H23ClFNO5/c1-12(2)31-19-9-14(7-15-5-4-6-18(24)20(15)25)8-16-21(19)26(13(3)11-27)10-17(22(16)28)23(29)30/h4-6,8-10,12-13,27H,7,11H2,1-3H3,(H,29,30)/t13-/m0/s1. The van der Waals surface area contributed by atoms with Crippen LogP contribution in [0.1, 0.15) is 48.3 Å². The molecule has 6 nitrogen and oxygen atoms in total. The number of hydrogen-bond donors (Lipinski definition) is 2. The maximum absolute atomic E-state index is 14.4. The lowest BCUT2D eigenvalue weighted by Crippen LogP contribution is -2.22. The van der Waals surface area contributed by atoms with Crippen LogP contribution in [0.5, 0.6) is 5.75 Å². The number of hydrogen-bond acceptors (Lipinski definition) is 4. The van der Waals surface area contributed by atoms with Gasteiger partial charge in [0.05, 0.1) is 34.7 Å². The van der Waals surface area contributed by atoms with Crippen LogP contribution in [0.3, 0.4) is 0 Å². The molecule has 0 aliphatic carbocycles. The van der Waals surface area contributed by atoms with Crippen LogP contribution in [0.15, 0.2) is 41.3 Å². The number of rotatable bonds is 7. The Morgan fingerprint density at radius 2 is 1.97 bits per heavy atom. The quantitative estimate of drug-likeness (QED) is 0.559. The Kier molecular flexibility index (Phi) is 6.67. The van der Waals surface area contributed by atoms with Crippen LogP contribution in [0.4, 0.5) is 4.39 Å². The molecule has 0 saturated heterocycles. The number of fused-ring (bicyclic) bond motifs is 1. The Morgan fingerprint density at radius 1 is 1.26 bits per heavy atom. The van der Waals surface area contributed by atoms with Crippen LogP contribution in [0.2, 0.25) is 5.02 Å². The molecule has 1 heterocycles. The first-order chi connectivity index (χ1) is 14.6. The molecule has 0 aliphatic rings. The molecule has 0 aliphatic heterocycles. The molecule has 3 aromatic rings. The number of carbonyl (C=O) groups is 1. The van der Waals surface area contributed by atoms with Crippen LogP contribution in [-0.2, 0) is 6.42 Å². The van der Waals surface area contributed by atoms with Gasteiger partial charge in [-0.25, -0.2) is 9.18 Å². The summed E-state index contributed by atoms with van der Waals surface area (Å²) >= 11 is 5.89. The molecule has 8 heteroatoms. The minimum Gasteiger partial charge on any atom is -0.489 e. The molecule has 0 unspecified atom stereocenters. The molecular weight excluding hydrogens is 425 g/mol. The van der Waals surface area contributed by atoms with Crippen molar-refractivity contribution in [3.05, 3.63) is 74.3 Å². The molecular formula is C23H23ClFNO5. The van der Waals surface area contributed by atoms with Crippen molar-refractivity contribution in [3.63, 3.8) is 0 Å². The Labute approximate surface area is 183 Å². The zero-order valence-electron chi connectivity index (χ0n) is 17.4. The van der Waals surface area contributed by atoms with Crippen molar-refractivity contribution in [2.24, 2.45) is 0 Å². The predicted octanol–water partition coefficient (Wildman–Crippen LogP) is 4.42. The van der Waals surface area contributed by atoms with E-state index in [0.717, 1.165) is 0 Å². The summed E-state index contributed by atoms with van der Waals surface area (Å²) in [5, 5.41) is 19.3. The molecule has 31 heavy (non-hydrogen) atoms. The number of benzene rings is 2. The van der Waals surface area contributed by atoms with Crippen molar-refractivity contribution in [2.75, 3.05) is 6.61 Å². The minimum atomic E-state index is -1.37. The lowest BCUT2D eigenvalue weighted by atomic mass is 10.00. The van der Waals surface area contributed by atoms with Gasteiger partial charge in [-0.15, -0.1) is 0 Å². The highest BCUT2D eigenvalue weighted by atomic mass is 35.5. The third-order valence-corrected chi connectivity index (χ3v) is 5.20. The van der Waals surface area contributed by atoms with Gasteiger partial charge in [-0.2, -0.15) is 0 Å². The number of carboxylic acids is 1. The number of aliphatic hydroxyl groups is 1. The number of pyridine rings is 1. The van der Waals surface area contributed by atoms with E-state index in [2.05, 4.69) is 0 Å². The second-order valence-electron chi connectivity index (χ2n) is 7.66. The molecule has 164 valence electrons. The maximum atomic E-state index is 14.4. The number of aromatic nitrogens is 1. The zero-order valence-corrected chi connectivity index (χ0v) is 18.1. The molecule has 3 rings (SSSR count). The normalized spacial score (nSPS) is 12.4. The van der Waals surface area contributed by atoms with E-state index in [-0.39, 0.29) is 29.5 Å². The summed E-state index contributed by atoms with van der Waals surface area (Å²) < 4.78 is 21.9. The number of aromatic carboxylic acids is 1. The third kappa shape index (κ3) is 4.57. The van der Waals surface area contributed by atoms with Gasteiger partial charge in [0.1, 0.15) is 17.1 Å².